The van der Waals surface area contributed by atoms with Gasteiger partial charge in [-0.1, -0.05) is 25.4 Å². The third kappa shape index (κ3) is 3.24. The molecule has 0 aromatic carbocycles. The summed E-state index contributed by atoms with van der Waals surface area (Å²) in [7, 11) is 0. The second-order valence-corrected chi connectivity index (χ2v) is 5.68. The molecule has 3 aromatic heterocycles. The molecule has 0 saturated heterocycles. The molecule has 7 nitrogen and oxygen atoms in total. The van der Waals surface area contributed by atoms with E-state index in [2.05, 4.69) is 44.3 Å². The summed E-state index contributed by atoms with van der Waals surface area (Å²) in [6.45, 7) is 4.12. The summed E-state index contributed by atoms with van der Waals surface area (Å²) in [5.74, 6) is 1.28. The third-order valence-corrected chi connectivity index (χ3v) is 3.54. The van der Waals surface area contributed by atoms with Gasteiger partial charge in [-0.15, -0.1) is 0 Å². The Kier molecular flexibility index (Phi) is 4.12. The van der Waals surface area contributed by atoms with E-state index in [1.54, 1.807) is 30.6 Å². The summed E-state index contributed by atoms with van der Waals surface area (Å²) in [6, 6.07) is 5.31. The Morgan fingerprint density at radius 2 is 2.04 bits per heavy atom. The van der Waals surface area contributed by atoms with E-state index in [9.17, 15) is 0 Å². The summed E-state index contributed by atoms with van der Waals surface area (Å²) in [5.41, 5.74) is 8.64. The van der Waals surface area contributed by atoms with Crippen molar-refractivity contribution in [1.29, 1.82) is 0 Å². The van der Waals surface area contributed by atoms with Gasteiger partial charge < -0.3 is 11.1 Å². The molecule has 0 bridgehead atoms. The van der Waals surface area contributed by atoms with Gasteiger partial charge in [0.05, 0.1) is 23.1 Å². The van der Waals surface area contributed by atoms with Crippen molar-refractivity contribution >= 4 is 29.1 Å². The molecule has 0 aliphatic rings. The lowest BCUT2D eigenvalue weighted by atomic mass is 10.0. The highest BCUT2D eigenvalue weighted by Crippen LogP contribution is 2.32. The Labute approximate surface area is 138 Å². The van der Waals surface area contributed by atoms with E-state index in [1.165, 1.54) is 0 Å². The van der Waals surface area contributed by atoms with Crippen LogP contribution >= 0.6 is 11.6 Å². The van der Waals surface area contributed by atoms with Crippen LogP contribution in [0, 0.1) is 0 Å². The van der Waals surface area contributed by atoms with Crippen molar-refractivity contribution < 1.29 is 0 Å². The molecule has 0 atom stereocenters. The van der Waals surface area contributed by atoms with E-state index < -0.39 is 0 Å². The lowest BCUT2D eigenvalue weighted by molar-refractivity contribution is 0.811. The largest absolute Gasteiger partial charge is 0.397 e. The van der Waals surface area contributed by atoms with Crippen LogP contribution in [-0.2, 0) is 0 Å². The molecule has 0 aliphatic carbocycles. The van der Waals surface area contributed by atoms with Crippen molar-refractivity contribution in [3.05, 3.63) is 41.4 Å². The minimum Gasteiger partial charge on any atom is -0.397 e. The van der Waals surface area contributed by atoms with Gasteiger partial charge in [0.15, 0.2) is 5.15 Å². The average Bonchev–Trinajstić information content (AvgIpc) is 2.92. The van der Waals surface area contributed by atoms with E-state index in [1.807, 2.05) is 0 Å². The molecule has 0 aliphatic heterocycles. The molecular weight excluding hydrogens is 314 g/mol. The molecule has 3 heterocycles. The fraction of sp³-hybridized carbons (Fsp3) is 0.200. The molecule has 0 radical (unpaired) electrons. The van der Waals surface area contributed by atoms with Crippen molar-refractivity contribution in [1.82, 2.24) is 25.1 Å². The molecule has 0 amide bonds. The van der Waals surface area contributed by atoms with Crippen LogP contribution in [0.25, 0.3) is 11.3 Å². The van der Waals surface area contributed by atoms with Crippen molar-refractivity contribution in [2.75, 3.05) is 11.1 Å². The summed E-state index contributed by atoms with van der Waals surface area (Å²) >= 11 is 6.20. The molecule has 3 rings (SSSR count). The Morgan fingerprint density at radius 1 is 1.22 bits per heavy atom. The Balaban J connectivity index is 1.94. The van der Waals surface area contributed by atoms with Gasteiger partial charge >= 0.3 is 0 Å². The Bertz CT molecular complexity index is 811. The van der Waals surface area contributed by atoms with E-state index >= 15 is 0 Å². The van der Waals surface area contributed by atoms with E-state index in [4.69, 9.17) is 17.3 Å². The quantitative estimate of drug-likeness (QED) is 0.677. The molecule has 8 heteroatoms. The number of rotatable bonds is 4. The zero-order chi connectivity index (χ0) is 16.4. The first-order valence-corrected chi connectivity index (χ1v) is 7.48. The van der Waals surface area contributed by atoms with Gasteiger partial charge in [0, 0.05) is 11.9 Å². The monoisotopic (exact) mass is 329 g/mol. The third-order valence-electron chi connectivity index (χ3n) is 3.27. The first kappa shape index (κ1) is 15.2. The Morgan fingerprint density at radius 3 is 2.74 bits per heavy atom. The van der Waals surface area contributed by atoms with Gasteiger partial charge in [-0.25, -0.2) is 15.0 Å². The number of aromatic amines is 1. The lowest BCUT2D eigenvalue weighted by Crippen LogP contribution is -2.01. The molecule has 3 aromatic rings. The van der Waals surface area contributed by atoms with Crippen LogP contribution in [0.4, 0.5) is 17.5 Å². The second kappa shape index (κ2) is 6.21. The van der Waals surface area contributed by atoms with Crippen LogP contribution < -0.4 is 11.1 Å². The summed E-state index contributed by atoms with van der Waals surface area (Å²) in [6.07, 6.45) is 3.23. The number of nitrogen functional groups attached to an aromatic ring is 1. The topological polar surface area (TPSA) is 105 Å². The molecule has 23 heavy (non-hydrogen) atoms. The number of anilines is 3. The molecule has 0 saturated carbocycles. The van der Waals surface area contributed by atoms with Crippen molar-refractivity contribution in [2.45, 2.75) is 19.8 Å². The molecule has 0 spiro atoms. The minimum absolute atomic E-state index is 0.245. The Hall–Kier alpha value is -2.67. The summed E-state index contributed by atoms with van der Waals surface area (Å²) in [5, 5.41) is 10.5. The highest BCUT2D eigenvalue weighted by molar-refractivity contribution is 6.32. The van der Waals surface area contributed by atoms with Crippen LogP contribution in [0.3, 0.4) is 0 Å². The van der Waals surface area contributed by atoms with Gasteiger partial charge in [-0.05, 0) is 24.1 Å². The SMILES string of the molecule is CC(C)c1[nH]nc(Cl)c1-c1ccnc(Nc2ccc(N)cn2)n1. The average molecular weight is 330 g/mol. The van der Waals surface area contributed by atoms with Crippen LogP contribution in [-0.4, -0.2) is 25.1 Å². The fourth-order valence-electron chi connectivity index (χ4n) is 2.15. The number of aromatic nitrogens is 5. The summed E-state index contributed by atoms with van der Waals surface area (Å²) < 4.78 is 0. The van der Waals surface area contributed by atoms with Gasteiger partial charge in [-0.3, -0.25) is 5.10 Å². The molecule has 118 valence electrons. The zero-order valence-corrected chi connectivity index (χ0v) is 13.5. The maximum Gasteiger partial charge on any atom is 0.228 e. The smallest absolute Gasteiger partial charge is 0.228 e. The standard InChI is InChI=1S/C15H16ClN7/c1-8(2)13-12(14(16)23-22-13)10-5-6-18-15(20-10)21-11-4-3-9(17)7-19-11/h3-8H,17H2,1-2H3,(H,22,23)(H,18,19,20,21). The normalized spacial score (nSPS) is 11.0. The van der Waals surface area contributed by atoms with Crippen molar-refractivity contribution in [2.24, 2.45) is 0 Å². The maximum absolute atomic E-state index is 6.20. The minimum atomic E-state index is 0.245. The van der Waals surface area contributed by atoms with Crippen LogP contribution in [0.2, 0.25) is 5.15 Å². The number of H-pyrrole nitrogens is 1. The second-order valence-electron chi connectivity index (χ2n) is 5.33. The number of nitrogens with two attached hydrogens (primary N) is 1. The molecule has 0 fully saturated rings. The van der Waals surface area contributed by atoms with Crippen LogP contribution in [0.15, 0.2) is 30.6 Å². The van der Waals surface area contributed by atoms with E-state index in [-0.39, 0.29) is 5.92 Å². The number of nitrogens with one attached hydrogen (secondary N) is 2. The van der Waals surface area contributed by atoms with Gasteiger partial charge in [0.25, 0.3) is 0 Å². The number of hydrogen-bond donors (Lipinski definition) is 3. The first-order valence-electron chi connectivity index (χ1n) is 7.10. The predicted molar refractivity (Wildman–Crippen MR) is 90.6 cm³/mol. The summed E-state index contributed by atoms with van der Waals surface area (Å²) in [4.78, 5) is 12.9. The molecule has 4 N–H and O–H groups in total. The van der Waals surface area contributed by atoms with Gasteiger partial charge in [0.1, 0.15) is 5.82 Å². The van der Waals surface area contributed by atoms with Crippen LogP contribution in [0.1, 0.15) is 25.5 Å². The van der Waals surface area contributed by atoms with E-state index in [0.29, 0.717) is 28.3 Å². The van der Waals surface area contributed by atoms with Crippen molar-refractivity contribution in [3.63, 3.8) is 0 Å². The number of hydrogen-bond acceptors (Lipinski definition) is 6. The number of pyridine rings is 1. The fourth-order valence-corrected chi connectivity index (χ4v) is 2.39. The van der Waals surface area contributed by atoms with Crippen LogP contribution in [0.5, 0.6) is 0 Å². The first-order chi connectivity index (χ1) is 11.0. The predicted octanol–water partition coefficient (Wildman–Crippen LogP) is 3.36. The molecular formula is C15H16ClN7. The highest BCUT2D eigenvalue weighted by atomic mass is 35.5. The highest BCUT2D eigenvalue weighted by Gasteiger charge is 2.18. The maximum atomic E-state index is 6.20. The zero-order valence-electron chi connectivity index (χ0n) is 12.7. The number of nitrogens with zero attached hydrogens (tertiary/aromatic N) is 4. The molecule has 0 unspecified atom stereocenters. The lowest BCUT2D eigenvalue weighted by Gasteiger charge is -2.08. The van der Waals surface area contributed by atoms with Crippen molar-refractivity contribution in [3.8, 4) is 11.3 Å². The van der Waals surface area contributed by atoms with E-state index in [0.717, 1.165) is 11.3 Å². The number of halogens is 1. The van der Waals surface area contributed by atoms with Gasteiger partial charge in [0.2, 0.25) is 5.95 Å². The van der Waals surface area contributed by atoms with Gasteiger partial charge in [-0.2, -0.15) is 5.10 Å².